The number of hydrogen-bond acceptors (Lipinski definition) is 6. The first-order chi connectivity index (χ1) is 26.3. The summed E-state index contributed by atoms with van der Waals surface area (Å²) in [5.41, 5.74) is 4.45. The molecule has 4 N–H and O–H groups in total. The number of fused-ring (bicyclic) bond motifs is 1. The fourth-order valence-electron chi connectivity index (χ4n) is 7.07. The smallest absolute Gasteiger partial charge is 0.335 e. The van der Waals surface area contributed by atoms with E-state index in [0.717, 1.165) is 65.7 Å². The lowest BCUT2D eigenvalue weighted by Gasteiger charge is -2.33. The van der Waals surface area contributed by atoms with Crippen LogP contribution in [0.1, 0.15) is 124 Å². The van der Waals surface area contributed by atoms with E-state index in [4.69, 9.17) is 5.11 Å². The predicted octanol–water partition coefficient (Wildman–Crippen LogP) is 9.02. The van der Waals surface area contributed by atoms with E-state index in [-0.39, 0.29) is 42.3 Å². The number of anilines is 2. The third-order valence-corrected chi connectivity index (χ3v) is 12.0. The van der Waals surface area contributed by atoms with Crippen molar-refractivity contribution in [3.05, 3.63) is 117 Å². The maximum atomic E-state index is 13.9. The van der Waals surface area contributed by atoms with Crippen LogP contribution in [0.15, 0.2) is 72.8 Å². The molecule has 1 aromatic heterocycles. The van der Waals surface area contributed by atoms with Crippen molar-refractivity contribution in [2.75, 3.05) is 10.6 Å². The molecule has 0 aliphatic heterocycles. The number of aromatic carboxylic acids is 1. The van der Waals surface area contributed by atoms with Gasteiger partial charge in [-0.3, -0.25) is 19.2 Å². The van der Waals surface area contributed by atoms with Gasteiger partial charge in [-0.2, -0.15) is 0 Å². The maximum Gasteiger partial charge on any atom is 0.335 e. The molecule has 0 saturated carbocycles. The second-order valence-electron chi connectivity index (χ2n) is 14.6. The van der Waals surface area contributed by atoms with Crippen molar-refractivity contribution >= 4 is 51.7 Å². The molecule has 0 radical (unpaired) electrons. The molecule has 4 aromatic rings. The van der Waals surface area contributed by atoms with E-state index in [1.165, 1.54) is 11.3 Å². The van der Waals surface area contributed by atoms with Gasteiger partial charge in [-0.15, -0.1) is 11.3 Å². The zero-order valence-corrected chi connectivity index (χ0v) is 32.9. The standard InChI is InChI=1S/C44H51N3O7S/c1-5-34(6-2)47(37(48)26-44(4,7-3)43(53)54)27-30-11-10-12-32(25-30)39(49)46-41-38(35-13-8-9-14-36(35)55-41)40(50)45-33-23-19-29(20-24-33)16-15-28-17-21-31(22-18-28)42(51)52/h10-12,17-25,34H,5-9,13-16,26-27H2,1-4H3,(H,45,50)(H,46,49)(H,51,52)(H,53,54). The van der Waals surface area contributed by atoms with Crippen LogP contribution in [0.5, 0.6) is 0 Å². The van der Waals surface area contributed by atoms with E-state index < -0.39 is 17.4 Å². The van der Waals surface area contributed by atoms with Crippen molar-refractivity contribution in [3.63, 3.8) is 0 Å². The number of carbonyl (C=O) groups excluding carboxylic acids is 3. The number of nitrogens with zero attached hydrogens (tertiary/aromatic N) is 1. The number of nitrogens with one attached hydrogen (secondary N) is 2. The highest BCUT2D eigenvalue weighted by molar-refractivity contribution is 7.17. The monoisotopic (exact) mass is 765 g/mol. The molecule has 0 spiro atoms. The summed E-state index contributed by atoms with van der Waals surface area (Å²) >= 11 is 1.45. The Morgan fingerprint density at radius 2 is 1.42 bits per heavy atom. The van der Waals surface area contributed by atoms with Gasteiger partial charge in [0.25, 0.3) is 11.8 Å². The Hall–Kier alpha value is -5.29. The highest BCUT2D eigenvalue weighted by Gasteiger charge is 2.36. The highest BCUT2D eigenvalue weighted by Crippen LogP contribution is 2.39. The fourth-order valence-corrected chi connectivity index (χ4v) is 8.35. The minimum absolute atomic E-state index is 0.0837. The summed E-state index contributed by atoms with van der Waals surface area (Å²) in [5.74, 6) is -2.82. The molecule has 0 fully saturated rings. The molecule has 3 amide bonds. The van der Waals surface area contributed by atoms with Gasteiger partial charge in [0.05, 0.1) is 16.5 Å². The lowest BCUT2D eigenvalue weighted by molar-refractivity contribution is -0.153. The van der Waals surface area contributed by atoms with E-state index in [9.17, 15) is 29.1 Å². The van der Waals surface area contributed by atoms with Crippen LogP contribution in [0.25, 0.3) is 0 Å². The molecule has 0 saturated heterocycles. The molecule has 1 aliphatic rings. The Bertz CT molecular complexity index is 2020. The normalized spacial score (nSPS) is 13.4. The van der Waals surface area contributed by atoms with Gasteiger partial charge in [0.2, 0.25) is 5.91 Å². The first kappa shape index (κ1) is 40.9. The van der Waals surface area contributed by atoms with Crippen LogP contribution in [-0.4, -0.2) is 50.8 Å². The molecular weight excluding hydrogens is 715 g/mol. The Labute approximate surface area is 327 Å². The molecule has 5 rings (SSSR count). The number of thiophene rings is 1. The number of aliphatic carboxylic acids is 1. The van der Waals surface area contributed by atoms with Crippen LogP contribution in [-0.2, 0) is 41.8 Å². The summed E-state index contributed by atoms with van der Waals surface area (Å²) in [6.45, 7) is 7.64. The predicted molar refractivity (Wildman–Crippen MR) is 216 cm³/mol. The first-order valence-electron chi connectivity index (χ1n) is 19.2. The molecule has 1 heterocycles. The number of carboxylic acids is 2. The Kier molecular flexibility index (Phi) is 13.6. The van der Waals surface area contributed by atoms with E-state index in [2.05, 4.69) is 10.6 Å². The quantitative estimate of drug-likeness (QED) is 0.0837. The average Bonchev–Trinajstić information content (AvgIpc) is 3.55. The summed E-state index contributed by atoms with van der Waals surface area (Å²) in [6.07, 6.45) is 6.72. The average molecular weight is 766 g/mol. The molecule has 11 heteroatoms. The summed E-state index contributed by atoms with van der Waals surface area (Å²) in [6, 6.07) is 21.5. The van der Waals surface area contributed by atoms with Crippen LogP contribution in [0.3, 0.4) is 0 Å². The zero-order chi connectivity index (χ0) is 39.7. The summed E-state index contributed by atoms with van der Waals surface area (Å²) < 4.78 is 0. The lowest BCUT2D eigenvalue weighted by atomic mass is 9.83. The van der Waals surface area contributed by atoms with Crippen molar-refractivity contribution in [3.8, 4) is 0 Å². The van der Waals surface area contributed by atoms with Gasteiger partial charge in [0.1, 0.15) is 5.00 Å². The highest BCUT2D eigenvalue weighted by atomic mass is 32.1. The largest absolute Gasteiger partial charge is 0.481 e. The van der Waals surface area contributed by atoms with E-state index >= 15 is 0 Å². The van der Waals surface area contributed by atoms with Crippen molar-refractivity contribution in [2.45, 2.75) is 104 Å². The lowest BCUT2D eigenvalue weighted by Crippen LogP contribution is -2.43. The first-order valence-corrected chi connectivity index (χ1v) is 20.0. The van der Waals surface area contributed by atoms with Gasteiger partial charge < -0.3 is 25.7 Å². The SMILES string of the molecule is CCC(CC)N(Cc1cccc(C(=O)Nc2sc3c(c2C(=O)Nc2ccc(CCc4ccc(C(=O)O)cc4)cc2)CCCC3)c1)C(=O)CC(C)(CC)C(=O)O. The third kappa shape index (κ3) is 10.1. The minimum Gasteiger partial charge on any atom is -0.481 e. The second kappa shape index (κ2) is 18.4. The Balaban J connectivity index is 1.29. The number of rotatable bonds is 17. The molecule has 10 nitrogen and oxygen atoms in total. The van der Waals surface area contributed by atoms with Crippen LogP contribution in [0.4, 0.5) is 10.7 Å². The summed E-state index contributed by atoms with van der Waals surface area (Å²) in [7, 11) is 0. The molecule has 55 heavy (non-hydrogen) atoms. The topological polar surface area (TPSA) is 153 Å². The number of benzene rings is 3. The number of carboxylic acid groups (broad SMARTS) is 2. The summed E-state index contributed by atoms with van der Waals surface area (Å²) in [5, 5.41) is 25.6. The molecule has 290 valence electrons. The molecule has 1 unspecified atom stereocenters. The number of hydrogen-bond donors (Lipinski definition) is 4. The Morgan fingerprint density at radius 1 is 0.782 bits per heavy atom. The van der Waals surface area contributed by atoms with Crippen LogP contribution >= 0.6 is 11.3 Å². The van der Waals surface area contributed by atoms with E-state index in [0.29, 0.717) is 41.1 Å². The second-order valence-corrected chi connectivity index (χ2v) is 15.7. The Morgan fingerprint density at radius 3 is 2.02 bits per heavy atom. The molecule has 1 atom stereocenters. The molecule has 3 aromatic carbocycles. The van der Waals surface area contributed by atoms with Crippen molar-refractivity contribution in [1.82, 2.24) is 4.90 Å². The van der Waals surface area contributed by atoms with E-state index in [1.54, 1.807) is 49.1 Å². The van der Waals surface area contributed by atoms with Crippen LogP contribution in [0.2, 0.25) is 0 Å². The summed E-state index contributed by atoms with van der Waals surface area (Å²) in [4.78, 5) is 67.4. The van der Waals surface area contributed by atoms with Gasteiger partial charge in [-0.25, -0.2) is 4.79 Å². The minimum atomic E-state index is -1.17. The van der Waals surface area contributed by atoms with Gasteiger partial charge in [-0.05, 0) is 123 Å². The maximum absolute atomic E-state index is 13.9. The van der Waals surface area contributed by atoms with Crippen LogP contribution < -0.4 is 10.6 Å². The van der Waals surface area contributed by atoms with Crippen molar-refractivity contribution < 1.29 is 34.2 Å². The fraction of sp³-hybridized carbons (Fsp3) is 0.386. The van der Waals surface area contributed by atoms with Gasteiger partial charge >= 0.3 is 11.9 Å². The molecular formula is C44H51N3O7S. The number of carbonyl (C=O) groups is 5. The number of aryl methyl sites for hydroxylation is 3. The number of amides is 3. The van der Waals surface area contributed by atoms with Crippen molar-refractivity contribution in [1.29, 1.82) is 0 Å². The molecule has 1 aliphatic carbocycles. The third-order valence-electron chi connectivity index (χ3n) is 10.8. The van der Waals surface area contributed by atoms with E-state index in [1.807, 2.05) is 56.3 Å². The zero-order valence-electron chi connectivity index (χ0n) is 32.1. The van der Waals surface area contributed by atoms with Gasteiger partial charge in [0, 0.05) is 35.1 Å². The van der Waals surface area contributed by atoms with Crippen molar-refractivity contribution in [2.24, 2.45) is 5.41 Å². The molecule has 0 bridgehead atoms. The van der Waals surface area contributed by atoms with Gasteiger partial charge in [0.15, 0.2) is 0 Å². The van der Waals surface area contributed by atoms with Gasteiger partial charge in [-0.1, -0.05) is 57.2 Å². The van der Waals surface area contributed by atoms with Crippen LogP contribution in [0, 0.1) is 5.41 Å².